The second kappa shape index (κ2) is 9.52. The number of hydrogen-bond donors (Lipinski definition) is 1. The molecule has 36 heavy (non-hydrogen) atoms. The van der Waals surface area contributed by atoms with Gasteiger partial charge in [-0.15, -0.1) is 11.3 Å². The van der Waals surface area contributed by atoms with Gasteiger partial charge in [0.25, 0.3) is 5.78 Å². The number of hydrogen-bond acceptors (Lipinski definition) is 7. The molecule has 0 spiro atoms. The van der Waals surface area contributed by atoms with Gasteiger partial charge >= 0.3 is 5.91 Å². The van der Waals surface area contributed by atoms with Crippen molar-refractivity contribution in [1.82, 2.24) is 4.98 Å². The smallest absolute Gasteiger partial charge is 0.301 e. The van der Waals surface area contributed by atoms with E-state index in [9.17, 15) is 14.7 Å². The summed E-state index contributed by atoms with van der Waals surface area (Å²) in [5, 5.41) is 13.7. The van der Waals surface area contributed by atoms with E-state index in [2.05, 4.69) is 19.9 Å². The maximum atomic E-state index is 13.4. The SMILES string of the molecule is CC(C)Oc1cccc(/C(O)=C2\C(=O)C(=O)N(c3nc4ccc(C(C)C)cc4s3)C2c2cccs2)c1. The van der Waals surface area contributed by atoms with Crippen LogP contribution in [0.3, 0.4) is 0 Å². The predicted molar refractivity (Wildman–Crippen MR) is 145 cm³/mol. The number of rotatable bonds is 6. The molecular formula is C28H26N2O4S2. The zero-order chi connectivity index (χ0) is 25.6. The van der Waals surface area contributed by atoms with Crippen LogP contribution < -0.4 is 9.64 Å². The Balaban J connectivity index is 1.65. The number of aromatic nitrogens is 1. The number of nitrogens with zero attached hydrogens (tertiary/aromatic N) is 2. The number of carbonyl (C=O) groups is 2. The molecule has 1 aliphatic heterocycles. The van der Waals surface area contributed by atoms with E-state index in [-0.39, 0.29) is 17.4 Å². The number of benzene rings is 2. The lowest BCUT2D eigenvalue weighted by Gasteiger charge is -2.21. The molecule has 8 heteroatoms. The van der Waals surface area contributed by atoms with Gasteiger partial charge in [0, 0.05) is 10.4 Å². The van der Waals surface area contributed by atoms with Crippen molar-refractivity contribution in [1.29, 1.82) is 0 Å². The first-order valence-corrected chi connectivity index (χ1v) is 13.5. The lowest BCUT2D eigenvalue weighted by Crippen LogP contribution is -2.28. The van der Waals surface area contributed by atoms with E-state index in [1.807, 2.05) is 43.5 Å². The molecule has 5 rings (SSSR count). The second-order valence-corrected chi connectivity index (χ2v) is 11.2. The lowest BCUT2D eigenvalue weighted by atomic mass is 10.00. The highest BCUT2D eigenvalue weighted by Gasteiger charge is 2.48. The molecule has 2 aromatic heterocycles. The first-order chi connectivity index (χ1) is 17.2. The third kappa shape index (κ3) is 4.31. The van der Waals surface area contributed by atoms with E-state index >= 15 is 0 Å². The molecule has 0 radical (unpaired) electrons. The van der Waals surface area contributed by atoms with Crippen molar-refractivity contribution in [2.24, 2.45) is 0 Å². The van der Waals surface area contributed by atoms with E-state index in [0.29, 0.717) is 22.4 Å². The molecule has 0 aliphatic carbocycles. The van der Waals surface area contributed by atoms with Crippen molar-refractivity contribution in [2.75, 3.05) is 4.90 Å². The zero-order valence-electron chi connectivity index (χ0n) is 20.4. The first-order valence-electron chi connectivity index (χ1n) is 11.8. The van der Waals surface area contributed by atoms with Gasteiger partial charge in [0.1, 0.15) is 17.6 Å². The summed E-state index contributed by atoms with van der Waals surface area (Å²) in [5.41, 5.74) is 2.41. The molecule has 2 aromatic carbocycles. The van der Waals surface area contributed by atoms with Crippen molar-refractivity contribution < 1.29 is 19.4 Å². The van der Waals surface area contributed by atoms with Crippen molar-refractivity contribution in [3.05, 3.63) is 81.6 Å². The number of aliphatic hydroxyl groups excluding tert-OH is 1. The summed E-state index contributed by atoms with van der Waals surface area (Å²) in [4.78, 5) is 33.7. The number of amides is 1. The first kappa shape index (κ1) is 24.2. The summed E-state index contributed by atoms with van der Waals surface area (Å²) in [5.74, 6) is -0.735. The summed E-state index contributed by atoms with van der Waals surface area (Å²) in [6, 6.07) is 15.9. The standard InChI is InChI=1S/C28H26N2O4S2/c1-15(2)17-10-11-20-22(14-17)36-28(29-20)30-24(21-9-6-12-35-21)23(26(32)27(30)33)25(31)18-7-5-8-19(13-18)34-16(3)4/h5-16,24,31H,1-4H3/b25-23+. The number of carbonyl (C=O) groups excluding carboxylic acids is 2. The minimum Gasteiger partial charge on any atom is -0.507 e. The molecule has 184 valence electrons. The Labute approximate surface area is 217 Å². The molecule has 3 heterocycles. The summed E-state index contributed by atoms with van der Waals surface area (Å²) in [7, 11) is 0. The fourth-order valence-electron chi connectivity index (χ4n) is 4.28. The molecule has 0 saturated carbocycles. The van der Waals surface area contributed by atoms with E-state index in [1.165, 1.54) is 33.1 Å². The third-order valence-corrected chi connectivity index (χ3v) is 7.95. The molecule has 6 nitrogen and oxygen atoms in total. The Bertz CT molecular complexity index is 1480. The quantitative estimate of drug-likeness (QED) is 0.171. The van der Waals surface area contributed by atoms with Gasteiger partial charge in [0.05, 0.1) is 21.9 Å². The highest BCUT2D eigenvalue weighted by Crippen LogP contribution is 2.45. The minimum absolute atomic E-state index is 0.0469. The van der Waals surface area contributed by atoms with Gasteiger partial charge in [-0.2, -0.15) is 0 Å². The molecule has 0 bridgehead atoms. The number of Topliss-reactive ketones (excluding diaryl/α,β-unsaturated/α-hetero) is 1. The van der Waals surface area contributed by atoms with Crippen LogP contribution in [0.5, 0.6) is 5.75 Å². The Kier molecular flexibility index (Phi) is 6.40. The van der Waals surface area contributed by atoms with Crippen LogP contribution in [0.4, 0.5) is 5.13 Å². The van der Waals surface area contributed by atoms with Gasteiger partial charge in [-0.25, -0.2) is 4.98 Å². The maximum Gasteiger partial charge on any atom is 0.301 e. The highest BCUT2D eigenvalue weighted by atomic mass is 32.1. The van der Waals surface area contributed by atoms with Crippen LogP contribution in [-0.2, 0) is 9.59 Å². The van der Waals surface area contributed by atoms with Crippen molar-refractivity contribution in [2.45, 2.75) is 45.8 Å². The van der Waals surface area contributed by atoms with Gasteiger partial charge in [-0.05, 0) is 61.0 Å². The molecule has 1 aliphatic rings. The van der Waals surface area contributed by atoms with Crippen LogP contribution >= 0.6 is 22.7 Å². The molecule has 1 fully saturated rings. The fourth-order valence-corrected chi connectivity index (χ4v) is 6.15. The van der Waals surface area contributed by atoms with Gasteiger partial charge < -0.3 is 9.84 Å². The topological polar surface area (TPSA) is 79.7 Å². The summed E-state index contributed by atoms with van der Waals surface area (Å²) in [6.45, 7) is 8.08. The largest absolute Gasteiger partial charge is 0.507 e. The normalized spacial score (nSPS) is 17.6. The number of thiophene rings is 1. The molecular weight excluding hydrogens is 492 g/mol. The Hall–Kier alpha value is -3.49. The molecule has 1 N–H and O–H groups in total. The number of aliphatic hydroxyl groups is 1. The number of ether oxygens (including phenoxy) is 1. The summed E-state index contributed by atoms with van der Waals surface area (Å²) < 4.78 is 6.71. The fraction of sp³-hybridized carbons (Fsp3) is 0.250. The monoisotopic (exact) mass is 518 g/mol. The number of fused-ring (bicyclic) bond motifs is 1. The number of thiazole rings is 1. The minimum atomic E-state index is -0.773. The van der Waals surface area contributed by atoms with E-state index in [1.54, 1.807) is 24.3 Å². The van der Waals surface area contributed by atoms with Crippen LogP contribution in [0, 0.1) is 0 Å². The van der Waals surface area contributed by atoms with E-state index in [0.717, 1.165) is 15.1 Å². The molecule has 1 unspecified atom stereocenters. The van der Waals surface area contributed by atoms with Gasteiger partial charge in [0.15, 0.2) is 5.13 Å². The Morgan fingerprint density at radius 3 is 2.56 bits per heavy atom. The number of anilines is 1. The zero-order valence-corrected chi connectivity index (χ0v) is 22.0. The van der Waals surface area contributed by atoms with Crippen LogP contribution in [0.15, 0.2) is 65.6 Å². The Morgan fingerprint density at radius 1 is 1.06 bits per heavy atom. The van der Waals surface area contributed by atoms with Crippen LogP contribution in [-0.4, -0.2) is 27.9 Å². The number of ketones is 1. The molecule has 4 aromatic rings. The molecule has 1 amide bonds. The maximum absolute atomic E-state index is 13.4. The van der Waals surface area contributed by atoms with Crippen LogP contribution in [0.2, 0.25) is 0 Å². The van der Waals surface area contributed by atoms with E-state index in [4.69, 9.17) is 9.72 Å². The molecule has 1 atom stereocenters. The predicted octanol–water partition coefficient (Wildman–Crippen LogP) is 6.89. The average Bonchev–Trinajstić information content (AvgIpc) is 3.56. The van der Waals surface area contributed by atoms with Crippen molar-refractivity contribution in [3.8, 4) is 5.75 Å². The lowest BCUT2D eigenvalue weighted by molar-refractivity contribution is -0.132. The third-order valence-electron chi connectivity index (χ3n) is 6.01. The van der Waals surface area contributed by atoms with Gasteiger partial charge in [-0.3, -0.25) is 14.5 Å². The second-order valence-electron chi connectivity index (χ2n) is 9.26. The van der Waals surface area contributed by atoms with Gasteiger partial charge in [-0.1, -0.05) is 49.4 Å². The van der Waals surface area contributed by atoms with Crippen molar-refractivity contribution >= 4 is 55.5 Å². The highest BCUT2D eigenvalue weighted by molar-refractivity contribution is 7.22. The van der Waals surface area contributed by atoms with Crippen LogP contribution in [0.1, 0.15) is 55.7 Å². The van der Waals surface area contributed by atoms with Crippen molar-refractivity contribution in [3.63, 3.8) is 0 Å². The average molecular weight is 519 g/mol. The molecule has 1 saturated heterocycles. The summed E-state index contributed by atoms with van der Waals surface area (Å²) >= 11 is 2.80. The van der Waals surface area contributed by atoms with Gasteiger partial charge in [0.2, 0.25) is 0 Å². The van der Waals surface area contributed by atoms with E-state index < -0.39 is 17.7 Å². The summed E-state index contributed by atoms with van der Waals surface area (Å²) in [6.07, 6.45) is -0.0469. The van der Waals surface area contributed by atoms with Crippen LogP contribution in [0.25, 0.3) is 16.0 Å². The Morgan fingerprint density at radius 2 is 1.86 bits per heavy atom.